The maximum Gasteiger partial charge on any atom is 0.146 e. The molecule has 0 fully saturated rings. The topological polar surface area (TPSA) is 24.4 Å². The molecule has 254 valence electrons. The summed E-state index contributed by atoms with van der Waals surface area (Å²) in [4.78, 5) is 5.39. The van der Waals surface area contributed by atoms with Gasteiger partial charge in [-0.2, -0.15) is 0 Å². The Morgan fingerprint density at radius 3 is 1.74 bits per heavy atom. The van der Waals surface area contributed by atoms with E-state index in [1.807, 2.05) is 22.7 Å². The number of fused-ring (bicyclic) bond motifs is 7. The van der Waals surface area contributed by atoms with Crippen LogP contribution in [-0.2, 0) is 0 Å². The Bertz CT molecular complexity index is 3140. The van der Waals surface area contributed by atoms with E-state index in [2.05, 4.69) is 187 Å². The smallest absolute Gasteiger partial charge is 0.146 e. The van der Waals surface area contributed by atoms with Gasteiger partial charge in [-0.25, -0.2) is 0 Å². The number of aliphatic imine (C=N–C) groups is 1. The Balaban J connectivity index is 1.13. The van der Waals surface area contributed by atoms with E-state index in [0.29, 0.717) is 0 Å². The van der Waals surface area contributed by atoms with Gasteiger partial charge in [-0.05, 0) is 87.1 Å². The summed E-state index contributed by atoms with van der Waals surface area (Å²) in [7, 11) is 0. The van der Waals surface area contributed by atoms with Crippen molar-refractivity contribution in [1.82, 2.24) is 5.32 Å². The average molecular weight is 725 g/mol. The molecule has 1 unspecified atom stereocenters. The molecule has 0 bridgehead atoms. The Hall–Kier alpha value is -6.33. The number of thiophene rings is 2. The highest BCUT2D eigenvalue weighted by molar-refractivity contribution is 7.26. The van der Waals surface area contributed by atoms with E-state index in [1.165, 1.54) is 73.4 Å². The van der Waals surface area contributed by atoms with Crippen molar-refractivity contribution >= 4 is 85.2 Å². The Labute approximate surface area is 321 Å². The van der Waals surface area contributed by atoms with Crippen LogP contribution in [0.3, 0.4) is 0 Å². The summed E-state index contributed by atoms with van der Waals surface area (Å²) < 4.78 is 5.25. The largest absolute Gasteiger partial charge is 0.359 e. The van der Waals surface area contributed by atoms with Gasteiger partial charge in [-0.1, -0.05) is 133 Å². The van der Waals surface area contributed by atoms with Crippen molar-refractivity contribution < 1.29 is 0 Å². The van der Waals surface area contributed by atoms with Gasteiger partial charge in [0.05, 0.1) is 5.71 Å². The Morgan fingerprint density at radius 1 is 0.407 bits per heavy atom. The van der Waals surface area contributed by atoms with Crippen LogP contribution >= 0.6 is 22.7 Å². The minimum atomic E-state index is -0.278. The molecule has 0 saturated heterocycles. The van der Waals surface area contributed by atoms with Gasteiger partial charge in [0.1, 0.15) is 6.17 Å². The molecule has 0 spiro atoms. The van der Waals surface area contributed by atoms with Crippen LogP contribution in [-0.4, -0.2) is 5.71 Å². The van der Waals surface area contributed by atoms with Gasteiger partial charge in [-0.3, -0.25) is 4.99 Å². The fourth-order valence-electron chi connectivity index (χ4n) is 8.09. The fraction of sp³-hybridized carbons (Fsp3) is 0.0200. The first kappa shape index (κ1) is 31.2. The Kier molecular flexibility index (Phi) is 7.32. The molecule has 1 N–H and O–H groups in total. The number of benzene rings is 8. The number of nitrogens with one attached hydrogen (secondary N) is 1. The van der Waals surface area contributed by atoms with Crippen LogP contribution in [0.2, 0.25) is 0 Å². The van der Waals surface area contributed by atoms with Gasteiger partial charge in [0.2, 0.25) is 0 Å². The first-order valence-corrected chi connectivity index (χ1v) is 19.9. The fourth-order valence-corrected chi connectivity index (χ4v) is 10.3. The number of allylic oxidation sites excluding steroid dienone is 1. The molecule has 0 amide bonds. The van der Waals surface area contributed by atoms with Crippen LogP contribution in [0.5, 0.6) is 0 Å². The highest BCUT2D eigenvalue weighted by Gasteiger charge is 2.24. The van der Waals surface area contributed by atoms with Crippen LogP contribution < -0.4 is 5.32 Å². The van der Waals surface area contributed by atoms with Crippen molar-refractivity contribution in [2.45, 2.75) is 6.17 Å². The summed E-state index contributed by atoms with van der Waals surface area (Å²) in [6, 6.07) is 64.1. The second-order valence-electron chi connectivity index (χ2n) is 13.9. The van der Waals surface area contributed by atoms with Gasteiger partial charge in [0.25, 0.3) is 0 Å². The lowest BCUT2D eigenvalue weighted by Gasteiger charge is -2.27. The first-order valence-electron chi connectivity index (χ1n) is 18.3. The third-order valence-electron chi connectivity index (χ3n) is 10.7. The maximum absolute atomic E-state index is 5.39. The van der Waals surface area contributed by atoms with Gasteiger partial charge in [-0.15, -0.1) is 22.7 Å². The first-order chi connectivity index (χ1) is 26.7. The predicted molar refractivity (Wildman–Crippen MR) is 234 cm³/mol. The minimum Gasteiger partial charge on any atom is -0.359 e. The molecule has 0 aliphatic carbocycles. The van der Waals surface area contributed by atoms with Crippen molar-refractivity contribution in [3.8, 4) is 22.3 Å². The van der Waals surface area contributed by atoms with E-state index in [9.17, 15) is 0 Å². The highest BCUT2D eigenvalue weighted by atomic mass is 32.1. The monoisotopic (exact) mass is 724 g/mol. The molecule has 8 aromatic carbocycles. The number of hydrogen-bond donors (Lipinski definition) is 1. The zero-order valence-electron chi connectivity index (χ0n) is 29.2. The molecule has 2 aromatic heterocycles. The van der Waals surface area contributed by atoms with Crippen molar-refractivity contribution in [3.05, 3.63) is 199 Å². The van der Waals surface area contributed by atoms with Crippen LogP contribution in [0.4, 0.5) is 0 Å². The molecule has 1 atom stereocenters. The second kappa shape index (κ2) is 12.7. The Morgan fingerprint density at radius 2 is 0.981 bits per heavy atom. The van der Waals surface area contributed by atoms with Crippen LogP contribution in [0.25, 0.3) is 79.1 Å². The van der Waals surface area contributed by atoms with Crippen molar-refractivity contribution in [3.63, 3.8) is 0 Å². The lowest BCUT2D eigenvalue weighted by molar-refractivity contribution is 0.669. The average Bonchev–Trinajstić information content (AvgIpc) is 3.81. The predicted octanol–water partition coefficient (Wildman–Crippen LogP) is 14.0. The standard InChI is InChI=1S/C50H32N2S2/c1-2-12-32(13-3-1)44-30-45(52-50(51-44)40-18-10-14-31-11-4-5-15-36(31)40)41-27-33(34-22-25-48-42(28-34)38-16-6-8-19-46(38)53-48)21-24-37(41)35-23-26-49-43(29-35)39-17-7-9-20-47(39)54-49/h1-30,50,52H. The zero-order chi connectivity index (χ0) is 35.6. The molecule has 1 aliphatic rings. The SMILES string of the molecule is C1=C(c2cc(-c3ccc4sc5ccccc5c4c3)ccc2-c2ccc3sc4ccccc4c3c2)NC(c2cccc3ccccc23)N=C1c1ccccc1. The van der Waals surface area contributed by atoms with Crippen LogP contribution in [0.1, 0.15) is 22.9 Å². The lowest BCUT2D eigenvalue weighted by Crippen LogP contribution is -2.25. The highest BCUT2D eigenvalue weighted by Crippen LogP contribution is 2.42. The third-order valence-corrected chi connectivity index (χ3v) is 13.0. The summed E-state index contributed by atoms with van der Waals surface area (Å²) in [6.07, 6.45) is 1.97. The molecule has 2 nitrogen and oxygen atoms in total. The molecule has 1 aliphatic heterocycles. The van der Waals surface area contributed by atoms with Crippen molar-refractivity contribution in [1.29, 1.82) is 0 Å². The van der Waals surface area contributed by atoms with E-state index in [0.717, 1.165) is 28.1 Å². The summed E-state index contributed by atoms with van der Waals surface area (Å²) in [5.74, 6) is 0. The van der Waals surface area contributed by atoms with E-state index in [1.54, 1.807) is 0 Å². The molecular formula is C50H32N2S2. The van der Waals surface area contributed by atoms with Gasteiger partial charge < -0.3 is 5.32 Å². The number of nitrogens with zero attached hydrogens (tertiary/aromatic N) is 1. The van der Waals surface area contributed by atoms with E-state index >= 15 is 0 Å². The maximum atomic E-state index is 5.39. The number of hydrogen-bond acceptors (Lipinski definition) is 4. The van der Waals surface area contributed by atoms with Crippen molar-refractivity contribution in [2.24, 2.45) is 4.99 Å². The van der Waals surface area contributed by atoms with Gasteiger partial charge in [0.15, 0.2) is 0 Å². The molecule has 54 heavy (non-hydrogen) atoms. The van der Waals surface area contributed by atoms with E-state index in [4.69, 9.17) is 4.99 Å². The number of rotatable bonds is 5. The van der Waals surface area contributed by atoms with Crippen LogP contribution in [0, 0.1) is 0 Å². The molecule has 4 heteroatoms. The molecule has 0 radical (unpaired) electrons. The molecular weight excluding hydrogens is 693 g/mol. The summed E-state index contributed by atoms with van der Waals surface area (Å²) in [5.41, 5.74) is 10.2. The van der Waals surface area contributed by atoms with Gasteiger partial charge in [0, 0.05) is 57.2 Å². The zero-order valence-corrected chi connectivity index (χ0v) is 30.8. The normalized spacial score (nSPS) is 14.5. The molecule has 0 saturated carbocycles. The molecule has 11 rings (SSSR count). The quantitative estimate of drug-likeness (QED) is 0.188. The molecule has 3 heterocycles. The molecule has 10 aromatic rings. The van der Waals surface area contributed by atoms with Gasteiger partial charge >= 0.3 is 0 Å². The van der Waals surface area contributed by atoms with E-state index < -0.39 is 0 Å². The lowest BCUT2D eigenvalue weighted by atomic mass is 9.90. The second-order valence-corrected chi connectivity index (χ2v) is 16.1. The van der Waals surface area contributed by atoms with Crippen molar-refractivity contribution in [2.75, 3.05) is 0 Å². The van der Waals surface area contributed by atoms with E-state index in [-0.39, 0.29) is 6.17 Å². The van der Waals surface area contributed by atoms with Crippen LogP contribution in [0.15, 0.2) is 187 Å². The summed E-state index contributed by atoms with van der Waals surface area (Å²) in [6.45, 7) is 0. The summed E-state index contributed by atoms with van der Waals surface area (Å²) >= 11 is 3.72. The minimum absolute atomic E-state index is 0.278. The summed E-state index contributed by atoms with van der Waals surface area (Å²) in [5, 5.41) is 11.6. The third kappa shape index (κ3) is 5.26.